The van der Waals surface area contributed by atoms with E-state index in [1.54, 1.807) is 0 Å². The maximum Gasteiger partial charge on any atom is 0.169 e. The highest BCUT2D eigenvalue weighted by Crippen LogP contribution is 2.29. The lowest BCUT2D eigenvalue weighted by Crippen LogP contribution is -2.74. The average molecular weight is 489 g/mol. The van der Waals surface area contributed by atoms with Gasteiger partial charge in [0.05, 0.1) is 12.2 Å². The molecule has 35 heavy (non-hydrogen) atoms. The SMILES string of the molecule is C(=CC1CCC(NC2NC(OC3CCCCC3)NC(OC3CCCCC3)N2)CC1)C1CCCCC1. The van der Waals surface area contributed by atoms with E-state index in [0.717, 1.165) is 11.8 Å². The highest BCUT2D eigenvalue weighted by Gasteiger charge is 2.33. The molecule has 1 heterocycles. The minimum Gasteiger partial charge on any atom is -0.347 e. The van der Waals surface area contributed by atoms with Gasteiger partial charge in [-0.15, -0.1) is 0 Å². The predicted molar refractivity (Wildman–Crippen MR) is 141 cm³/mol. The first-order chi connectivity index (χ1) is 17.3. The second kappa shape index (κ2) is 13.9. The van der Waals surface area contributed by atoms with E-state index in [9.17, 15) is 0 Å². The van der Waals surface area contributed by atoms with E-state index in [1.165, 1.54) is 122 Å². The molecule has 4 saturated carbocycles. The molecular weight excluding hydrogens is 436 g/mol. The summed E-state index contributed by atoms with van der Waals surface area (Å²) in [5.74, 6) is 1.62. The standard InChI is InChI=1S/C29H52N4O2/c1-4-10-22(11-5-1)16-17-23-18-20-24(21-19-23)30-27-31-28(34-25-12-6-2-7-13-25)33-29(32-27)35-26-14-8-3-9-15-26/h16-17,22-33H,1-15,18-21H2. The molecule has 5 aliphatic rings. The van der Waals surface area contributed by atoms with Gasteiger partial charge in [0.1, 0.15) is 6.29 Å². The lowest BCUT2D eigenvalue weighted by molar-refractivity contribution is -0.160. The summed E-state index contributed by atoms with van der Waals surface area (Å²) in [5, 5.41) is 14.7. The van der Waals surface area contributed by atoms with E-state index < -0.39 is 0 Å². The highest BCUT2D eigenvalue weighted by atomic mass is 16.6. The first kappa shape index (κ1) is 26.1. The molecule has 6 nitrogen and oxygen atoms in total. The minimum atomic E-state index is -0.166. The molecule has 5 fully saturated rings. The third-order valence-corrected chi connectivity index (χ3v) is 9.18. The van der Waals surface area contributed by atoms with Gasteiger partial charge in [-0.2, -0.15) is 0 Å². The van der Waals surface area contributed by atoms with Crippen molar-refractivity contribution in [1.29, 1.82) is 0 Å². The Morgan fingerprint density at radius 1 is 0.486 bits per heavy atom. The Bertz CT molecular complexity index is 592. The number of hydrogen-bond acceptors (Lipinski definition) is 6. The third-order valence-electron chi connectivity index (χ3n) is 9.18. The molecule has 200 valence electrons. The fraction of sp³-hybridized carbons (Fsp3) is 0.931. The summed E-state index contributed by atoms with van der Waals surface area (Å²) in [5.41, 5.74) is 0. The van der Waals surface area contributed by atoms with Crippen LogP contribution in [0.1, 0.15) is 122 Å². The molecule has 0 bridgehead atoms. The van der Waals surface area contributed by atoms with Crippen LogP contribution in [0.5, 0.6) is 0 Å². The van der Waals surface area contributed by atoms with Crippen LogP contribution in [0.2, 0.25) is 0 Å². The minimum absolute atomic E-state index is 0.0118. The molecule has 1 saturated heterocycles. The van der Waals surface area contributed by atoms with Gasteiger partial charge >= 0.3 is 0 Å². The van der Waals surface area contributed by atoms with Crippen molar-refractivity contribution in [3.05, 3.63) is 12.2 Å². The quantitative estimate of drug-likeness (QED) is 0.333. The number of allylic oxidation sites excluding steroid dienone is 2. The van der Waals surface area contributed by atoms with Gasteiger partial charge in [-0.1, -0.05) is 69.9 Å². The zero-order chi connectivity index (χ0) is 23.7. The van der Waals surface area contributed by atoms with E-state index in [0.29, 0.717) is 18.2 Å². The van der Waals surface area contributed by atoms with Gasteiger partial charge in [-0.3, -0.25) is 16.0 Å². The summed E-state index contributed by atoms with van der Waals surface area (Å²) < 4.78 is 13.0. The van der Waals surface area contributed by atoms with Crippen LogP contribution in [-0.2, 0) is 9.47 Å². The maximum atomic E-state index is 6.49. The molecule has 0 aromatic rings. The van der Waals surface area contributed by atoms with Crippen molar-refractivity contribution in [3.63, 3.8) is 0 Å². The van der Waals surface area contributed by atoms with Crippen molar-refractivity contribution in [3.8, 4) is 0 Å². The van der Waals surface area contributed by atoms with Gasteiger partial charge in [0, 0.05) is 6.04 Å². The summed E-state index contributed by atoms with van der Waals surface area (Å²) in [6.45, 7) is 0. The number of ether oxygens (including phenoxy) is 2. The monoisotopic (exact) mass is 488 g/mol. The molecule has 0 aromatic heterocycles. The van der Waals surface area contributed by atoms with Crippen molar-refractivity contribution in [1.82, 2.24) is 21.3 Å². The lowest BCUT2D eigenvalue weighted by atomic mass is 9.83. The van der Waals surface area contributed by atoms with Crippen LogP contribution in [0, 0.1) is 11.8 Å². The number of hydrogen-bond donors (Lipinski definition) is 4. The fourth-order valence-corrected chi connectivity index (χ4v) is 6.98. The second-order valence-corrected chi connectivity index (χ2v) is 12.0. The molecule has 0 aromatic carbocycles. The van der Waals surface area contributed by atoms with Gasteiger partial charge in [0.25, 0.3) is 0 Å². The van der Waals surface area contributed by atoms with Crippen LogP contribution in [0.3, 0.4) is 0 Å². The Balaban J connectivity index is 1.10. The van der Waals surface area contributed by atoms with E-state index >= 15 is 0 Å². The molecule has 0 radical (unpaired) electrons. The lowest BCUT2D eigenvalue weighted by Gasteiger charge is -2.43. The Morgan fingerprint density at radius 3 is 1.46 bits per heavy atom. The largest absolute Gasteiger partial charge is 0.347 e. The van der Waals surface area contributed by atoms with E-state index in [1.807, 2.05) is 0 Å². The van der Waals surface area contributed by atoms with Crippen LogP contribution in [-0.4, -0.2) is 37.2 Å². The van der Waals surface area contributed by atoms with Crippen molar-refractivity contribution in [2.24, 2.45) is 11.8 Å². The van der Waals surface area contributed by atoms with Gasteiger partial charge in [0.15, 0.2) is 12.7 Å². The molecule has 1 aliphatic heterocycles. The molecule has 4 N–H and O–H groups in total. The molecule has 0 spiro atoms. The summed E-state index contributed by atoms with van der Waals surface area (Å²) in [4.78, 5) is 0. The van der Waals surface area contributed by atoms with Gasteiger partial charge < -0.3 is 9.47 Å². The first-order valence-electron chi connectivity index (χ1n) is 15.3. The predicted octanol–water partition coefficient (Wildman–Crippen LogP) is 5.60. The van der Waals surface area contributed by atoms with E-state index in [-0.39, 0.29) is 19.0 Å². The molecule has 2 unspecified atom stereocenters. The van der Waals surface area contributed by atoms with Crippen molar-refractivity contribution in [2.45, 2.75) is 159 Å². The molecule has 2 atom stereocenters. The Kier molecular flexibility index (Phi) is 10.4. The van der Waals surface area contributed by atoms with Gasteiger partial charge in [-0.05, 0) is 76.0 Å². The third kappa shape index (κ3) is 8.51. The smallest absolute Gasteiger partial charge is 0.169 e. The van der Waals surface area contributed by atoms with Crippen molar-refractivity contribution in [2.75, 3.05) is 0 Å². The van der Waals surface area contributed by atoms with Crippen LogP contribution in [0.4, 0.5) is 0 Å². The zero-order valence-electron chi connectivity index (χ0n) is 22.0. The topological polar surface area (TPSA) is 66.6 Å². The summed E-state index contributed by atoms with van der Waals surface area (Å²) in [6.07, 6.45) is 30.3. The van der Waals surface area contributed by atoms with E-state index in [4.69, 9.17) is 9.47 Å². The summed E-state index contributed by atoms with van der Waals surface area (Å²) in [6, 6.07) is 0.545. The first-order valence-corrected chi connectivity index (χ1v) is 15.3. The average Bonchev–Trinajstić information content (AvgIpc) is 2.90. The number of nitrogens with one attached hydrogen (secondary N) is 4. The second-order valence-electron chi connectivity index (χ2n) is 12.0. The maximum absolute atomic E-state index is 6.49. The molecule has 5 rings (SSSR count). The Hall–Kier alpha value is -0.500. The fourth-order valence-electron chi connectivity index (χ4n) is 6.98. The Labute approximate surface area is 214 Å². The molecular formula is C29H52N4O2. The van der Waals surface area contributed by atoms with Crippen LogP contribution in [0.15, 0.2) is 12.2 Å². The normalized spacial score (nSPS) is 37.1. The molecule has 4 aliphatic carbocycles. The van der Waals surface area contributed by atoms with Crippen molar-refractivity contribution < 1.29 is 9.47 Å². The molecule has 6 heteroatoms. The van der Waals surface area contributed by atoms with Crippen LogP contribution < -0.4 is 21.3 Å². The number of rotatable bonds is 8. The van der Waals surface area contributed by atoms with Gasteiger partial charge in [0.2, 0.25) is 0 Å². The summed E-state index contributed by atoms with van der Waals surface area (Å²) >= 11 is 0. The Morgan fingerprint density at radius 2 is 0.943 bits per heavy atom. The van der Waals surface area contributed by atoms with Gasteiger partial charge in [-0.25, -0.2) is 5.32 Å². The van der Waals surface area contributed by atoms with Crippen LogP contribution >= 0.6 is 0 Å². The zero-order valence-corrected chi connectivity index (χ0v) is 22.0. The molecule has 0 amide bonds. The van der Waals surface area contributed by atoms with Crippen molar-refractivity contribution >= 4 is 0 Å². The van der Waals surface area contributed by atoms with Crippen LogP contribution in [0.25, 0.3) is 0 Å². The van der Waals surface area contributed by atoms with E-state index in [2.05, 4.69) is 33.4 Å². The summed E-state index contributed by atoms with van der Waals surface area (Å²) in [7, 11) is 0. The highest BCUT2D eigenvalue weighted by molar-refractivity contribution is 4.96.